The Labute approximate surface area is 107 Å². The molecule has 4 heteroatoms. The molecule has 0 bridgehead atoms. The fraction of sp³-hybridized carbons (Fsp3) is 0.846. The summed E-state index contributed by atoms with van der Waals surface area (Å²) in [5, 5.41) is 2.74. The number of carbonyl (C=O) groups excluding carboxylic acids is 2. The number of nitrogens with zero attached hydrogens (tertiary/aromatic N) is 1. The number of ketones is 1. The molecule has 104 valence electrons. The molecule has 0 rings (SSSR count). The molecular weight excluding hydrogens is 216 g/mol. The molecule has 0 heterocycles. The van der Waals surface area contributed by atoms with E-state index in [9.17, 15) is 9.59 Å². The van der Waals surface area contributed by atoms with Gasteiger partial charge in [-0.2, -0.15) is 0 Å². The summed E-state index contributed by atoms with van der Waals surface area (Å²) in [6.45, 7) is 11.0. The number of carbonyl (C=O) groups is 2. The third-order valence-corrected chi connectivity index (χ3v) is 1.59. The third-order valence-electron chi connectivity index (χ3n) is 1.59. The van der Waals surface area contributed by atoms with Crippen LogP contribution in [0.5, 0.6) is 0 Å². The maximum Gasteiger partial charge on any atom is 0.220 e. The summed E-state index contributed by atoms with van der Waals surface area (Å²) in [7, 11) is 3.89. The maximum atomic E-state index is 11.0. The van der Waals surface area contributed by atoms with Crippen LogP contribution in [0.15, 0.2) is 0 Å². The van der Waals surface area contributed by atoms with Gasteiger partial charge in [0.05, 0.1) is 0 Å². The first kappa shape index (κ1) is 21.4. The van der Waals surface area contributed by atoms with Crippen molar-refractivity contribution in [1.82, 2.24) is 10.2 Å². The highest BCUT2D eigenvalue weighted by Gasteiger charge is 2.02. The minimum absolute atomic E-state index is 0.0444. The lowest BCUT2D eigenvalue weighted by Gasteiger charge is -2.09. The van der Waals surface area contributed by atoms with E-state index in [2.05, 4.69) is 5.32 Å². The van der Waals surface area contributed by atoms with Gasteiger partial charge in [0.15, 0.2) is 0 Å². The first-order valence-electron chi connectivity index (χ1n) is 6.43. The summed E-state index contributed by atoms with van der Waals surface area (Å²) >= 11 is 0. The Kier molecular flexibility index (Phi) is 22.0. The Morgan fingerprint density at radius 2 is 1.47 bits per heavy atom. The topological polar surface area (TPSA) is 49.4 Å². The normalized spacial score (nSPS) is 8.47. The summed E-state index contributed by atoms with van der Waals surface area (Å²) < 4.78 is 0. The summed E-state index contributed by atoms with van der Waals surface area (Å²) in [4.78, 5) is 23.6. The molecule has 0 saturated carbocycles. The van der Waals surface area contributed by atoms with Gasteiger partial charge in [-0.25, -0.2) is 0 Å². The van der Waals surface area contributed by atoms with Crippen LogP contribution in [0.2, 0.25) is 0 Å². The molecule has 0 radical (unpaired) electrons. The number of rotatable bonds is 6. The molecule has 0 atom stereocenters. The minimum atomic E-state index is -0.0444. The molecule has 0 aromatic heterocycles. The van der Waals surface area contributed by atoms with Crippen LogP contribution < -0.4 is 5.32 Å². The molecule has 1 amide bonds. The Balaban J connectivity index is -0.000000439. The van der Waals surface area contributed by atoms with Gasteiger partial charge in [0.2, 0.25) is 5.91 Å². The van der Waals surface area contributed by atoms with E-state index >= 15 is 0 Å². The SMILES string of the molecule is CC.CC.CC(=O)CCC(=O)NCCN(C)C. The second-order valence-electron chi connectivity index (χ2n) is 3.36. The second-order valence-corrected chi connectivity index (χ2v) is 3.36. The van der Waals surface area contributed by atoms with Crippen LogP contribution in [0.25, 0.3) is 0 Å². The zero-order valence-corrected chi connectivity index (χ0v) is 12.6. The minimum Gasteiger partial charge on any atom is -0.355 e. The van der Waals surface area contributed by atoms with Crippen LogP contribution in [0.1, 0.15) is 47.5 Å². The Bertz CT molecular complexity index is 180. The summed E-state index contributed by atoms with van der Waals surface area (Å²) in [6.07, 6.45) is 0.649. The van der Waals surface area contributed by atoms with Gasteiger partial charge in [0.1, 0.15) is 5.78 Å². The first-order chi connectivity index (χ1) is 8.02. The molecule has 0 fully saturated rings. The number of likely N-dealkylation sites (N-methyl/N-ethyl adjacent to an activating group) is 1. The zero-order valence-electron chi connectivity index (χ0n) is 12.6. The number of Topliss-reactive ketones (excluding diaryl/α,β-unsaturated/α-hetero) is 1. The van der Waals surface area contributed by atoms with Crippen molar-refractivity contribution >= 4 is 11.7 Å². The zero-order chi connectivity index (χ0) is 14.3. The standard InChI is InChI=1S/C9H18N2O2.2C2H6/c1-8(12)4-5-9(13)10-6-7-11(2)3;2*1-2/h4-7H2,1-3H3,(H,10,13);2*1-2H3. The van der Waals surface area contributed by atoms with E-state index in [-0.39, 0.29) is 11.7 Å². The summed E-state index contributed by atoms with van der Waals surface area (Å²) in [5.41, 5.74) is 0. The van der Waals surface area contributed by atoms with Gasteiger partial charge >= 0.3 is 0 Å². The Morgan fingerprint density at radius 1 is 1.00 bits per heavy atom. The molecule has 0 aliphatic heterocycles. The smallest absolute Gasteiger partial charge is 0.220 e. The van der Waals surface area contributed by atoms with Crippen LogP contribution in [0, 0.1) is 0 Å². The number of hydrogen-bond donors (Lipinski definition) is 1. The third kappa shape index (κ3) is 25.4. The van der Waals surface area contributed by atoms with Crippen molar-refractivity contribution in [1.29, 1.82) is 0 Å². The molecule has 0 aromatic carbocycles. The monoisotopic (exact) mass is 246 g/mol. The fourth-order valence-electron chi connectivity index (χ4n) is 0.797. The van der Waals surface area contributed by atoms with Crippen molar-refractivity contribution in [3.8, 4) is 0 Å². The number of nitrogens with one attached hydrogen (secondary N) is 1. The van der Waals surface area contributed by atoms with Crippen LogP contribution in [-0.2, 0) is 9.59 Å². The van der Waals surface area contributed by atoms with Crippen molar-refractivity contribution in [2.45, 2.75) is 47.5 Å². The number of hydrogen-bond acceptors (Lipinski definition) is 3. The molecule has 0 unspecified atom stereocenters. The maximum absolute atomic E-state index is 11.0. The van der Waals surface area contributed by atoms with Crippen LogP contribution in [-0.4, -0.2) is 43.8 Å². The lowest BCUT2D eigenvalue weighted by Crippen LogP contribution is -2.31. The van der Waals surface area contributed by atoms with Crippen LogP contribution >= 0.6 is 0 Å². The van der Waals surface area contributed by atoms with E-state index in [0.29, 0.717) is 19.4 Å². The van der Waals surface area contributed by atoms with Gasteiger partial charge in [-0.3, -0.25) is 4.79 Å². The highest BCUT2D eigenvalue weighted by Crippen LogP contribution is 1.89. The molecule has 1 N–H and O–H groups in total. The average molecular weight is 246 g/mol. The van der Waals surface area contributed by atoms with E-state index in [0.717, 1.165) is 6.54 Å². The predicted molar refractivity (Wildman–Crippen MR) is 74.2 cm³/mol. The largest absolute Gasteiger partial charge is 0.355 e. The van der Waals surface area contributed by atoms with E-state index in [4.69, 9.17) is 0 Å². The van der Waals surface area contributed by atoms with Crippen molar-refractivity contribution in [2.24, 2.45) is 0 Å². The average Bonchev–Trinajstić information content (AvgIpc) is 2.31. The fourth-order valence-corrected chi connectivity index (χ4v) is 0.797. The van der Waals surface area contributed by atoms with Crippen LogP contribution in [0.3, 0.4) is 0 Å². The second kappa shape index (κ2) is 17.5. The van der Waals surface area contributed by atoms with Crippen molar-refractivity contribution in [2.75, 3.05) is 27.2 Å². The van der Waals surface area contributed by atoms with E-state index in [1.54, 1.807) is 0 Å². The molecule has 0 spiro atoms. The first-order valence-corrected chi connectivity index (χ1v) is 6.43. The van der Waals surface area contributed by atoms with Gasteiger partial charge in [-0.15, -0.1) is 0 Å². The van der Waals surface area contributed by atoms with Gasteiger partial charge in [0.25, 0.3) is 0 Å². The van der Waals surface area contributed by atoms with Gasteiger partial charge in [0, 0.05) is 25.9 Å². The Morgan fingerprint density at radius 3 is 1.82 bits per heavy atom. The molecule has 17 heavy (non-hydrogen) atoms. The van der Waals surface area contributed by atoms with E-state index in [1.165, 1.54) is 6.92 Å². The number of amides is 1. The summed E-state index contributed by atoms with van der Waals surface area (Å²) in [5.74, 6) is 0.0137. The van der Waals surface area contributed by atoms with Crippen molar-refractivity contribution < 1.29 is 9.59 Å². The predicted octanol–water partition coefficient (Wildman–Crippen LogP) is 2.09. The van der Waals surface area contributed by atoms with E-state index in [1.807, 2.05) is 46.7 Å². The lowest BCUT2D eigenvalue weighted by atomic mass is 10.2. The molecule has 4 nitrogen and oxygen atoms in total. The highest BCUT2D eigenvalue weighted by atomic mass is 16.2. The molecule has 0 aromatic rings. The lowest BCUT2D eigenvalue weighted by molar-refractivity contribution is -0.124. The Hall–Kier alpha value is -0.900. The molecular formula is C13H30N2O2. The van der Waals surface area contributed by atoms with Gasteiger partial charge < -0.3 is 15.0 Å². The van der Waals surface area contributed by atoms with Gasteiger partial charge in [-0.1, -0.05) is 27.7 Å². The summed E-state index contributed by atoms with van der Waals surface area (Å²) in [6, 6.07) is 0. The quantitative estimate of drug-likeness (QED) is 0.780. The van der Waals surface area contributed by atoms with Gasteiger partial charge in [-0.05, 0) is 21.0 Å². The highest BCUT2D eigenvalue weighted by molar-refractivity contribution is 5.83. The van der Waals surface area contributed by atoms with Crippen LogP contribution in [0.4, 0.5) is 0 Å². The molecule has 0 aliphatic rings. The van der Waals surface area contributed by atoms with Crippen molar-refractivity contribution in [3.05, 3.63) is 0 Å². The van der Waals surface area contributed by atoms with E-state index < -0.39 is 0 Å². The van der Waals surface area contributed by atoms with Crippen molar-refractivity contribution in [3.63, 3.8) is 0 Å². The molecule has 0 aliphatic carbocycles. The molecule has 0 saturated heterocycles.